The zero-order valence-corrected chi connectivity index (χ0v) is 9.89. The molecule has 0 radical (unpaired) electrons. The average molecular weight is 257 g/mol. The normalized spacial score (nSPS) is 19.4. The summed E-state index contributed by atoms with van der Waals surface area (Å²) in [6.45, 7) is 0.625. The molecule has 0 saturated carbocycles. The number of carbonyl (C=O) groups excluding carboxylic acids is 1. The van der Waals surface area contributed by atoms with Gasteiger partial charge in [-0.25, -0.2) is 9.78 Å². The number of nitrogens with zero attached hydrogens (tertiary/aromatic N) is 3. The van der Waals surface area contributed by atoms with Crippen LogP contribution in [0.15, 0.2) is 12.4 Å². The number of likely N-dealkylation sites (tertiary alicyclic amines) is 1. The van der Waals surface area contributed by atoms with Gasteiger partial charge in [0.2, 0.25) is 0 Å². The molecule has 1 aliphatic heterocycles. The third-order valence-electron chi connectivity index (χ3n) is 2.69. The lowest BCUT2D eigenvalue weighted by Gasteiger charge is -2.22. The second-order valence-corrected chi connectivity index (χ2v) is 4.22. The molecule has 0 spiro atoms. The van der Waals surface area contributed by atoms with Crippen molar-refractivity contribution < 1.29 is 9.90 Å². The number of aliphatic hydroxyl groups excluding tert-OH is 1. The second kappa shape index (κ2) is 5.29. The molecule has 7 heteroatoms. The van der Waals surface area contributed by atoms with Gasteiger partial charge >= 0.3 is 6.03 Å². The number of carbonyl (C=O) groups is 1. The fourth-order valence-corrected chi connectivity index (χ4v) is 2.02. The van der Waals surface area contributed by atoms with Crippen LogP contribution in [0.2, 0.25) is 5.15 Å². The van der Waals surface area contributed by atoms with Crippen molar-refractivity contribution in [1.82, 2.24) is 14.9 Å². The zero-order valence-electron chi connectivity index (χ0n) is 9.14. The maximum atomic E-state index is 11.9. The second-order valence-electron chi connectivity index (χ2n) is 3.83. The van der Waals surface area contributed by atoms with Gasteiger partial charge in [0.1, 0.15) is 5.15 Å². The zero-order chi connectivity index (χ0) is 12.3. The van der Waals surface area contributed by atoms with Gasteiger partial charge in [-0.15, -0.1) is 0 Å². The summed E-state index contributed by atoms with van der Waals surface area (Å²) >= 11 is 5.67. The van der Waals surface area contributed by atoms with Crippen molar-refractivity contribution in [2.24, 2.45) is 0 Å². The topological polar surface area (TPSA) is 78.4 Å². The Hall–Kier alpha value is -1.40. The monoisotopic (exact) mass is 256 g/mol. The van der Waals surface area contributed by atoms with E-state index < -0.39 is 0 Å². The molecule has 1 atom stereocenters. The molecule has 1 aromatic heterocycles. The summed E-state index contributed by atoms with van der Waals surface area (Å²) in [4.78, 5) is 21.2. The largest absolute Gasteiger partial charge is 0.394 e. The van der Waals surface area contributed by atoms with E-state index in [1.54, 1.807) is 4.90 Å². The first-order valence-corrected chi connectivity index (χ1v) is 5.74. The summed E-state index contributed by atoms with van der Waals surface area (Å²) in [6.07, 6.45) is 4.54. The highest BCUT2D eigenvalue weighted by atomic mass is 35.5. The lowest BCUT2D eigenvalue weighted by molar-refractivity contribution is 0.166. The highest BCUT2D eigenvalue weighted by molar-refractivity contribution is 6.29. The number of aromatic nitrogens is 2. The van der Waals surface area contributed by atoms with Crippen LogP contribution in [0.5, 0.6) is 0 Å². The number of rotatable bonds is 2. The molecule has 0 bridgehead atoms. The fraction of sp³-hybridized carbons (Fsp3) is 0.500. The molecule has 2 N–H and O–H groups in total. The number of anilines is 1. The van der Waals surface area contributed by atoms with Gasteiger partial charge in [-0.1, -0.05) is 11.6 Å². The molecule has 1 aromatic rings. The maximum Gasteiger partial charge on any atom is 0.323 e. The van der Waals surface area contributed by atoms with E-state index in [9.17, 15) is 4.79 Å². The quantitative estimate of drug-likeness (QED) is 0.831. The molecule has 1 unspecified atom stereocenters. The van der Waals surface area contributed by atoms with Gasteiger partial charge in [-0.05, 0) is 12.8 Å². The lowest BCUT2D eigenvalue weighted by Crippen LogP contribution is -2.40. The van der Waals surface area contributed by atoms with Gasteiger partial charge in [-0.3, -0.25) is 10.3 Å². The summed E-state index contributed by atoms with van der Waals surface area (Å²) in [5, 5.41) is 12.0. The Kier molecular flexibility index (Phi) is 3.75. The van der Waals surface area contributed by atoms with E-state index in [-0.39, 0.29) is 23.8 Å². The minimum absolute atomic E-state index is 0.0192. The van der Waals surface area contributed by atoms with Gasteiger partial charge < -0.3 is 10.0 Å². The third kappa shape index (κ3) is 2.83. The molecule has 1 aliphatic rings. The SMILES string of the molecule is O=C(Nc1cncc(Cl)n1)N1CCCC1CO. The number of hydrogen-bond acceptors (Lipinski definition) is 4. The molecule has 1 fully saturated rings. The molecule has 17 heavy (non-hydrogen) atoms. The molecular weight excluding hydrogens is 244 g/mol. The molecule has 1 saturated heterocycles. The number of nitrogens with one attached hydrogen (secondary N) is 1. The first kappa shape index (κ1) is 12.1. The Balaban J connectivity index is 2.01. The van der Waals surface area contributed by atoms with E-state index >= 15 is 0 Å². The standard InChI is InChI=1S/C10H13ClN4O2/c11-8-4-12-5-9(13-8)14-10(17)15-3-1-2-7(15)6-16/h4-5,7,16H,1-3,6H2,(H,13,14,17). The predicted molar refractivity (Wildman–Crippen MR) is 62.9 cm³/mol. The van der Waals surface area contributed by atoms with Crippen molar-refractivity contribution in [2.45, 2.75) is 18.9 Å². The molecular formula is C10H13ClN4O2. The van der Waals surface area contributed by atoms with Crippen LogP contribution in [-0.2, 0) is 0 Å². The highest BCUT2D eigenvalue weighted by Gasteiger charge is 2.28. The Morgan fingerprint density at radius 3 is 3.18 bits per heavy atom. The molecule has 0 aromatic carbocycles. The van der Waals surface area contributed by atoms with Crippen molar-refractivity contribution in [3.63, 3.8) is 0 Å². The van der Waals surface area contributed by atoms with E-state index in [4.69, 9.17) is 16.7 Å². The Morgan fingerprint density at radius 2 is 2.47 bits per heavy atom. The summed E-state index contributed by atoms with van der Waals surface area (Å²) in [7, 11) is 0. The lowest BCUT2D eigenvalue weighted by atomic mass is 10.2. The molecule has 0 aliphatic carbocycles. The van der Waals surface area contributed by atoms with Crippen LogP contribution in [0.25, 0.3) is 0 Å². The molecule has 6 nitrogen and oxygen atoms in total. The fourth-order valence-electron chi connectivity index (χ4n) is 1.88. The Bertz CT molecular complexity index is 415. The minimum atomic E-state index is -0.280. The van der Waals surface area contributed by atoms with Crippen molar-refractivity contribution in [3.05, 3.63) is 17.5 Å². The van der Waals surface area contributed by atoms with Crippen LogP contribution in [-0.4, -0.2) is 45.2 Å². The molecule has 2 amide bonds. The first-order valence-electron chi connectivity index (χ1n) is 5.36. The van der Waals surface area contributed by atoms with Crippen LogP contribution in [0.1, 0.15) is 12.8 Å². The number of halogens is 1. The van der Waals surface area contributed by atoms with Crippen LogP contribution in [0.4, 0.5) is 10.6 Å². The third-order valence-corrected chi connectivity index (χ3v) is 2.87. The van der Waals surface area contributed by atoms with Crippen molar-refractivity contribution in [1.29, 1.82) is 0 Å². The summed E-state index contributed by atoms with van der Waals surface area (Å²) in [6, 6.07) is -0.389. The summed E-state index contributed by atoms with van der Waals surface area (Å²) in [5.74, 6) is 0.311. The van der Waals surface area contributed by atoms with Gasteiger partial charge in [0.25, 0.3) is 0 Å². The van der Waals surface area contributed by atoms with E-state index in [1.807, 2.05) is 0 Å². The van der Waals surface area contributed by atoms with Crippen molar-refractivity contribution in [2.75, 3.05) is 18.5 Å². The highest BCUT2D eigenvalue weighted by Crippen LogP contribution is 2.18. The minimum Gasteiger partial charge on any atom is -0.394 e. The van der Waals surface area contributed by atoms with Gasteiger partial charge in [0, 0.05) is 6.54 Å². The van der Waals surface area contributed by atoms with E-state index in [1.165, 1.54) is 12.4 Å². The van der Waals surface area contributed by atoms with Gasteiger partial charge in [0.15, 0.2) is 5.82 Å². The van der Waals surface area contributed by atoms with Gasteiger partial charge in [0.05, 0.1) is 25.0 Å². The maximum absolute atomic E-state index is 11.9. The summed E-state index contributed by atoms with van der Waals surface area (Å²) < 4.78 is 0. The van der Waals surface area contributed by atoms with Crippen molar-refractivity contribution in [3.8, 4) is 0 Å². The van der Waals surface area contributed by atoms with Crippen LogP contribution >= 0.6 is 11.6 Å². The molecule has 2 heterocycles. The first-order chi connectivity index (χ1) is 8.20. The van der Waals surface area contributed by atoms with E-state index in [2.05, 4.69) is 15.3 Å². The summed E-state index contributed by atoms with van der Waals surface area (Å²) in [5.41, 5.74) is 0. The molecule has 92 valence electrons. The van der Waals surface area contributed by atoms with E-state index in [0.717, 1.165) is 12.8 Å². The predicted octanol–water partition coefficient (Wildman–Crippen LogP) is 1.12. The Morgan fingerprint density at radius 1 is 1.65 bits per heavy atom. The van der Waals surface area contributed by atoms with E-state index in [0.29, 0.717) is 12.4 Å². The molecule has 2 rings (SSSR count). The van der Waals surface area contributed by atoms with Crippen molar-refractivity contribution >= 4 is 23.4 Å². The van der Waals surface area contributed by atoms with Crippen LogP contribution < -0.4 is 5.32 Å². The number of hydrogen-bond donors (Lipinski definition) is 2. The van der Waals surface area contributed by atoms with Gasteiger partial charge in [-0.2, -0.15) is 0 Å². The van der Waals surface area contributed by atoms with Crippen LogP contribution in [0.3, 0.4) is 0 Å². The smallest absolute Gasteiger partial charge is 0.323 e. The Labute approximate surface area is 104 Å². The van der Waals surface area contributed by atoms with Crippen LogP contribution in [0, 0.1) is 0 Å². The number of amides is 2. The average Bonchev–Trinajstić information content (AvgIpc) is 2.77. The number of aliphatic hydroxyl groups is 1. The number of urea groups is 1.